The topological polar surface area (TPSA) is 71.4 Å². The van der Waals surface area contributed by atoms with Gasteiger partial charge in [0, 0.05) is 17.9 Å². The quantitative estimate of drug-likeness (QED) is 0.364. The molecule has 0 unspecified atom stereocenters. The first kappa shape index (κ1) is 10.2. The number of nitriles is 3. The van der Waals surface area contributed by atoms with Gasteiger partial charge in [-0.05, 0) is 0 Å². The molecule has 0 spiro atoms. The van der Waals surface area contributed by atoms with Gasteiger partial charge in [-0.1, -0.05) is 0 Å². The second kappa shape index (κ2) is 6.13. The number of hydrogen-bond acceptors (Lipinski definition) is 3. The average Bonchev–Trinajstić information content (AvgIpc) is 1.72. The monoisotopic (exact) mass is 97.0 g/mol. The van der Waals surface area contributed by atoms with Gasteiger partial charge >= 0.3 is 25.6 Å². The predicted octanol–water partition coefficient (Wildman–Crippen LogP) is -0.979. The average molecular weight is 96.8 g/mol. The van der Waals surface area contributed by atoms with Gasteiger partial charge in [0.1, 0.15) is 0 Å². The summed E-state index contributed by atoms with van der Waals surface area (Å²) in [5, 5.41) is 23.5. The van der Waals surface area contributed by atoms with Crippen LogP contribution >= 0.6 is 0 Å². The normalized spacial score (nSPS) is 4.12. The van der Waals surface area contributed by atoms with Crippen LogP contribution in [0, 0.1) is 33.7 Å². The third-order valence-electron chi connectivity index (χ3n) is 0.387. The summed E-state index contributed by atoms with van der Waals surface area (Å²) in [5.74, 6) is 4.44. The van der Waals surface area contributed by atoms with E-state index in [1.165, 1.54) is 17.9 Å². The molecule has 32 valence electrons. The van der Waals surface area contributed by atoms with E-state index in [2.05, 4.69) is 0 Å². The molecule has 0 aliphatic rings. The molecule has 0 atom stereocenters. The van der Waals surface area contributed by atoms with E-state index in [4.69, 9.17) is 15.8 Å². The first-order chi connectivity index (χ1) is 3.35. The van der Waals surface area contributed by atoms with E-state index in [0.717, 1.165) is 0 Å². The summed E-state index contributed by atoms with van der Waals surface area (Å²) in [6.07, 6.45) is 0. The fourth-order valence-electron chi connectivity index (χ4n) is 0.0866. The summed E-state index contributed by atoms with van der Waals surface area (Å²) in [7, 11) is 0. The van der Waals surface area contributed by atoms with E-state index in [0.29, 0.717) is 0 Å². The van der Waals surface area contributed by atoms with Crippen molar-refractivity contribution in [1.82, 2.24) is 0 Å². The van der Waals surface area contributed by atoms with Gasteiger partial charge in [-0.3, -0.25) is 0 Å². The van der Waals surface area contributed by atoms with Crippen molar-refractivity contribution < 1.29 is 0 Å². The second-order valence-corrected chi connectivity index (χ2v) is 0.820. The maximum absolute atomic E-state index is 7.83. The van der Waals surface area contributed by atoms with Crippen molar-refractivity contribution in [2.24, 2.45) is 0 Å². The summed E-state index contributed by atoms with van der Waals surface area (Å²) >= 11 is 0. The fourth-order valence-corrected chi connectivity index (χ4v) is 0.0866. The van der Waals surface area contributed by atoms with Gasteiger partial charge in [0.2, 0.25) is 0 Å². The van der Waals surface area contributed by atoms with Gasteiger partial charge < -0.3 is 0 Å². The molecule has 0 aromatic heterocycles. The van der Waals surface area contributed by atoms with Crippen molar-refractivity contribution in [3.8, 4) is 17.9 Å². The molecule has 0 bridgehead atoms. The molecule has 0 aromatic carbocycles. The van der Waals surface area contributed by atoms with Crippen molar-refractivity contribution in [3.05, 3.63) is 0 Å². The van der Waals surface area contributed by atoms with Crippen LogP contribution in [-0.4, -0.2) is 25.6 Å². The SMILES string of the molecule is N#CB(C#N)C#N.[LiH]. The van der Waals surface area contributed by atoms with Gasteiger partial charge in [-0.2, -0.15) is 0 Å². The molecular weight excluding hydrogens is 95.8 g/mol. The van der Waals surface area contributed by atoms with Crippen molar-refractivity contribution in [3.63, 3.8) is 0 Å². The van der Waals surface area contributed by atoms with E-state index in [1.54, 1.807) is 0 Å². The van der Waals surface area contributed by atoms with Crippen LogP contribution in [0.4, 0.5) is 0 Å². The molecule has 5 heteroatoms. The number of nitrogens with zero attached hydrogens (tertiary/aromatic N) is 3. The van der Waals surface area contributed by atoms with Gasteiger partial charge in [0.15, 0.2) is 0 Å². The van der Waals surface area contributed by atoms with Gasteiger partial charge in [-0.15, -0.1) is 0 Å². The van der Waals surface area contributed by atoms with Gasteiger partial charge in [-0.25, -0.2) is 15.8 Å². The number of hydrogen-bond donors (Lipinski definition) is 0. The fraction of sp³-hybridized carbons (Fsp3) is 0. The van der Waals surface area contributed by atoms with E-state index in [1.807, 2.05) is 0 Å². The molecule has 0 radical (unpaired) electrons. The molecule has 8 heavy (non-hydrogen) atoms. The van der Waals surface area contributed by atoms with E-state index < -0.39 is 6.71 Å². The van der Waals surface area contributed by atoms with E-state index >= 15 is 0 Å². The third-order valence-corrected chi connectivity index (χ3v) is 0.387. The second-order valence-electron chi connectivity index (χ2n) is 0.820. The Morgan fingerprint density at radius 2 is 1.12 bits per heavy atom. The minimum atomic E-state index is -1.10. The van der Waals surface area contributed by atoms with Crippen LogP contribution < -0.4 is 0 Å². The molecule has 0 aromatic rings. The molecule has 0 aliphatic heterocycles. The Labute approximate surface area is 59.8 Å². The molecule has 0 fully saturated rings. The Kier molecular flexibility index (Phi) is 7.81. The zero-order chi connectivity index (χ0) is 5.70. The van der Waals surface area contributed by atoms with Crippen molar-refractivity contribution in [1.29, 1.82) is 15.8 Å². The zero-order valence-electron chi connectivity index (χ0n) is 3.42. The van der Waals surface area contributed by atoms with Gasteiger partial charge in [0.25, 0.3) is 0 Å². The first-order valence-corrected chi connectivity index (χ1v) is 1.54. The Bertz CT molecular complexity index is 137. The third kappa shape index (κ3) is 3.33. The van der Waals surface area contributed by atoms with Crippen LogP contribution in [0.3, 0.4) is 0 Å². The Morgan fingerprint density at radius 1 is 0.875 bits per heavy atom. The van der Waals surface area contributed by atoms with Crippen LogP contribution in [0.5, 0.6) is 0 Å². The molecule has 0 aliphatic carbocycles. The van der Waals surface area contributed by atoms with Crippen LogP contribution in [0.1, 0.15) is 0 Å². The van der Waals surface area contributed by atoms with Crippen LogP contribution in [0.2, 0.25) is 0 Å². The number of rotatable bonds is 0. The van der Waals surface area contributed by atoms with Crippen LogP contribution in [0.25, 0.3) is 0 Å². The molecule has 0 N–H and O–H groups in total. The van der Waals surface area contributed by atoms with E-state index in [9.17, 15) is 0 Å². The molecule has 3 nitrogen and oxygen atoms in total. The predicted molar refractivity (Wildman–Crippen MR) is 29.7 cm³/mol. The maximum atomic E-state index is 7.83. The summed E-state index contributed by atoms with van der Waals surface area (Å²) in [4.78, 5) is 0. The standard InChI is InChI=1S/C3BN3.Li.H/c5-1-4(2-6)3-7;;. The summed E-state index contributed by atoms with van der Waals surface area (Å²) < 4.78 is 0. The Balaban J connectivity index is 0. The molecule has 0 heterocycles. The Morgan fingerprint density at radius 3 is 1.12 bits per heavy atom. The van der Waals surface area contributed by atoms with E-state index in [-0.39, 0.29) is 18.9 Å². The first-order valence-electron chi connectivity index (χ1n) is 1.54. The molecule has 0 saturated heterocycles. The van der Waals surface area contributed by atoms with Crippen molar-refractivity contribution >= 4 is 25.6 Å². The summed E-state index contributed by atoms with van der Waals surface area (Å²) in [5.41, 5.74) is 0. The molecule has 0 rings (SSSR count). The Hall–Kier alpha value is -0.868. The molecule has 0 amide bonds. The van der Waals surface area contributed by atoms with Crippen molar-refractivity contribution in [2.75, 3.05) is 0 Å². The van der Waals surface area contributed by atoms with Crippen molar-refractivity contribution in [2.45, 2.75) is 0 Å². The summed E-state index contributed by atoms with van der Waals surface area (Å²) in [6.45, 7) is -1.10. The summed E-state index contributed by atoms with van der Waals surface area (Å²) in [6, 6.07) is 0. The zero-order valence-corrected chi connectivity index (χ0v) is 3.42. The van der Waals surface area contributed by atoms with Gasteiger partial charge in [0.05, 0.1) is 0 Å². The molecular formula is C3HBLiN3. The van der Waals surface area contributed by atoms with Crippen LogP contribution in [0.15, 0.2) is 0 Å². The molecule has 0 saturated carbocycles. The minimum absolute atomic E-state index is 0. The van der Waals surface area contributed by atoms with Crippen LogP contribution in [-0.2, 0) is 0 Å².